The second-order valence-electron chi connectivity index (χ2n) is 5.30. The fraction of sp³-hybridized carbons (Fsp3) is 0.167. The SMILES string of the molecule is Cc1ccccc1OC(=O)c1c([O-])[n+](CCC#N)c2ccccn12. The fourth-order valence-electron chi connectivity index (χ4n) is 2.56. The van der Waals surface area contributed by atoms with E-state index in [1.807, 2.05) is 25.1 Å². The number of esters is 1. The van der Waals surface area contributed by atoms with Crippen LogP contribution in [0.3, 0.4) is 0 Å². The quantitative estimate of drug-likeness (QED) is 0.416. The van der Waals surface area contributed by atoms with Gasteiger partial charge in [-0.25, -0.2) is 9.36 Å². The molecule has 1 aromatic carbocycles. The van der Waals surface area contributed by atoms with Gasteiger partial charge in [-0.15, -0.1) is 0 Å². The number of para-hydroxylation sites is 1. The molecule has 0 bridgehead atoms. The fourth-order valence-corrected chi connectivity index (χ4v) is 2.56. The lowest BCUT2D eigenvalue weighted by molar-refractivity contribution is -0.711. The molecule has 0 aliphatic heterocycles. The standard InChI is InChI=1S/C18H15N3O3/c1-13-7-2-3-8-14(13)24-18(23)16-17(22)21(12-6-10-19)15-9-4-5-11-20(15)16/h2-5,7-9,11H,6,12H2,1H3. The second kappa shape index (κ2) is 6.42. The van der Waals surface area contributed by atoms with Crippen molar-refractivity contribution in [2.45, 2.75) is 19.9 Å². The highest BCUT2D eigenvalue weighted by molar-refractivity contribution is 5.92. The van der Waals surface area contributed by atoms with E-state index in [4.69, 9.17) is 10.00 Å². The summed E-state index contributed by atoms with van der Waals surface area (Å²) < 4.78 is 8.31. The van der Waals surface area contributed by atoms with Gasteiger partial charge in [0.25, 0.3) is 11.3 Å². The lowest BCUT2D eigenvalue weighted by Gasteiger charge is -2.07. The minimum Gasteiger partial charge on any atom is -0.839 e. The normalized spacial score (nSPS) is 10.5. The Morgan fingerprint density at radius 3 is 2.79 bits per heavy atom. The largest absolute Gasteiger partial charge is 0.839 e. The van der Waals surface area contributed by atoms with E-state index in [0.717, 1.165) is 5.56 Å². The molecule has 0 aliphatic carbocycles. The number of nitrogens with zero attached hydrogens (tertiary/aromatic N) is 3. The minimum atomic E-state index is -0.716. The number of imidazole rings is 1. The Bertz CT molecular complexity index is 954. The first kappa shape index (κ1) is 15.6. The van der Waals surface area contributed by atoms with Crippen LogP contribution >= 0.6 is 0 Å². The van der Waals surface area contributed by atoms with Gasteiger partial charge < -0.3 is 9.84 Å². The number of carbonyl (C=O) groups is 1. The first-order valence-electron chi connectivity index (χ1n) is 7.48. The molecule has 24 heavy (non-hydrogen) atoms. The predicted octanol–water partition coefficient (Wildman–Crippen LogP) is 1.74. The number of hydrogen-bond acceptors (Lipinski definition) is 4. The van der Waals surface area contributed by atoms with Gasteiger partial charge >= 0.3 is 5.97 Å². The Hall–Kier alpha value is -3.33. The van der Waals surface area contributed by atoms with Crippen LogP contribution in [0, 0.1) is 18.3 Å². The van der Waals surface area contributed by atoms with Gasteiger partial charge in [0, 0.05) is 6.07 Å². The molecule has 6 nitrogen and oxygen atoms in total. The molecule has 120 valence electrons. The highest BCUT2D eigenvalue weighted by atomic mass is 16.5. The van der Waals surface area contributed by atoms with E-state index in [1.165, 1.54) is 8.97 Å². The summed E-state index contributed by atoms with van der Waals surface area (Å²) in [6.07, 6.45) is 1.81. The van der Waals surface area contributed by atoms with E-state index in [2.05, 4.69) is 0 Å². The zero-order valence-corrected chi connectivity index (χ0v) is 13.1. The maximum atomic E-state index is 12.6. The van der Waals surface area contributed by atoms with E-state index >= 15 is 0 Å². The highest BCUT2D eigenvalue weighted by Gasteiger charge is 2.26. The van der Waals surface area contributed by atoms with Crippen LogP contribution in [0.4, 0.5) is 0 Å². The average Bonchev–Trinajstić information content (AvgIpc) is 2.86. The first-order valence-corrected chi connectivity index (χ1v) is 7.48. The van der Waals surface area contributed by atoms with Crippen LogP contribution in [-0.2, 0) is 6.54 Å². The molecule has 0 fully saturated rings. The molecule has 3 aromatic rings. The van der Waals surface area contributed by atoms with Gasteiger partial charge in [-0.1, -0.05) is 24.3 Å². The van der Waals surface area contributed by atoms with E-state index in [0.29, 0.717) is 11.4 Å². The van der Waals surface area contributed by atoms with Crippen LogP contribution in [-0.4, -0.2) is 10.4 Å². The predicted molar refractivity (Wildman–Crippen MR) is 83.4 cm³/mol. The van der Waals surface area contributed by atoms with Gasteiger partial charge in [0.1, 0.15) is 18.2 Å². The van der Waals surface area contributed by atoms with E-state index in [9.17, 15) is 9.90 Å². The molecule has 2 heterocycles. The summed E-state index contributed by atoms with van der Waals surface area (Å²) in [5.41, 5.74) is 1.28. The zero-order valence-electron chi connectivity index (χ0n) is 13.1. The maximum Gasteiger partial charge on any atom is 0.387 e. The van der Waals surface area contributed by atoms with Gasteiger partial charge in [0.2, 0.25) is 0 Å². The van der Waals surface area contributed by atoms with Crippen LogP contribution < -0.4 is 14.4 Å². The van der Waals surface area contributed by atoms with Crippen molar-refractivity contribution in [2.75, 3.05) is 0 Å². The molecule has 0 atom stereocenters. The number of hydrogen-bond donors (Lipinski definition) is 0. The van der Waals surface area contributed by atoms with E-state index in [-0.39, 0.29) is 18.7 Å². The minimum absolute atomic E-state index is 0.0770. The third-order valence-electron chi connectivity index (χ3n) is 3.74. The molecule has 0 aliphatic rings. The van der Waals surface area contributed by atoms with Crippen molar-refractivity contribution in [1.29, 1.82) is 5.26 Å². The number of benzene rings is 1. The van der Waals surface area contributed by atoms with E-state index < -0.39 is 11.8 Å². The summed E-state index contributed by atoms with van der Waals surface area (Å²) in [6, 6.07) is 14.3. The summed E-state index contributed by atoms with van der Waals surface area (Å²) in [6.45, 7) is 2.05. The third-order valence-corrected chi connectivity index (χ3v) is 3.74. The second-order valence-corrected chi connectivity index (χ2v) is 5.30. The Labute approximate surface area is 138 Å². The zero-order chi connectivity index (χ0) is 17.1. The van der Waals surface area contributed by atoms with Crippen LogP contribution in [0.25, 0.3) is 5.65 Å². The van der Waals surface area contributed by atoms with Crippen LogP contribution in [0.15, 0.2) is 48.7 Å². The maximum absolute atomic E-state index is 12.6. The molecular weight excluding hydrogens is 306 g/mol. The van der Waals surface area contributed by atoms with Crippen molar-refractivity contribution >= 4 is 11.6 Å². The van der Waals surface area contributed by atoms with Gasteiger partial charge in [-0.3, -0.25) is 0 Å². The molecule has 0 spiro atoms. The Kier molecular flexibility index (Phi) is 4.17. The number of fused-ring (bicyclic) bond motifs is 1. The van der Waals surface area contributed by atoms with Crippen molar-refractivity contribution in [3.05, 3.63) is 59.9 Å². The summed E-state index contributed by atoms with van der Waals surface area (Å²) >= 11 is 0. The van der Waals surface area contributed by atoms with Crippen molar-refractivity contribution < 1.29 is 19.2 Å². The smallest absolute Gasteiger partial charge is 0.387 e. The van der Waals surface area contributed by atoms with Crippen LogP contribution in [0.2, 0.25) is 0 Å². The number of nitriles is 1. The average molecular weight is 321 g/mol. The Morgan fingerprint density at radius 1 is 1.29 bits per heavy atom. The number of aromatic nitrogens is 2. The molecule has 0 N–H and O–H groups in total. The van der Waals surface area contributed by atoms with Gasteiger partial charge in [-0.2, -0.15) is 9.66 Å². The molecule has 2 aromatic heterocycles. The van der Waals surface area contributed by atoms with Crippen LogP contribution in [0.1, 0.15) is 22.5 Å². The molecular formula is C18H15N3O3. The summed E-state index contributed by atoms with van der Waals surface area (Å²) in [4.78, 5) is 12.6. The van der Waals surface area contributed by atoms with Crippen molar-refractivity contribution in [3.8, 4) is 17.7 Å². The number of pyridine rings is 1. The first-order chi connectivity index (χ1) is 11.6. The molecule has 3 rings (SSSR count). The van der Waals surface area contributed by atoms with Gasteiger partial charge in [0.05, 0.1) is 18.7 Å². The topological polar surface area (TPSA) is 81.4 Å². The molecule has 6 heteroatoms. The number of carbonyl (C=O) groups excluding carboxylic acids is 1. The summed E-state index contributed by atoms with van der Waals surface area (Å²) in [5.74, 6) is -0.766. The van der Waals surface area contributed by atoms with E-state index in [1.54, 1.807) is 36.5 Å². The molecule has 0 unspecified atom stereocenters. The van der Waals surface area contributed by atoms with Crippen molar-refractivity contribution in [2.24, 2.45) is 0 Å². The Morgan fingerprint density at radius 2 is 2.04 bits per heavy atom. The summed E-state index contributed by atoms with van der Waals surface area (Å²) in [7, 11) is 0. The van der Waals surface area contributed by atoms with Gasteiger partial charge in [0.15, 0.2) is 0 Å². The Balaban J connectivity index is 2.06. The van der Waals surface area contributed by atoms with Crippen molar-refractivity contribution in [3.63, 3.8) is 0 Å². The lowest BCUT2D eigenvalue weighted by Crippen LogP contribution is -2.36. The highest BCUT2D eigenvalue weighted by Crippen LogP contribution is 2.21. The van der Waals surface area contributed by atoms with Crippen LogP contribution in [0.5, 0.6) is 11.6 Å². The number of rotatable bonds is 4. The molecule has 0 saturated heterocycles. The summed E-state index contributed by atoms with van der Waals surface area (Å²) in [5, 5.41) is 21.4. The molecule has 0 radical (unpaired) electrons. The monoisotopic (exact) mass is 321 g/mol. The number of ether oxygens (including phenoxy) is 1. The van der Waals surface area contributed by atoms with Crippen molar-refractivity contribution in [1.82, 2.24) is 4.40 Å². The number of aryl methyl sites for hydroxylation is 2. The lowest BCUT2D eigenvalue weighted by atomic mass is 10.2. The third kappa shape index (κ3) is 2.68. The van der Waals surface area contributed by atoms with Gasteiger partial charge in [-0.05, 0) is 24.6 Å². The molecule has 0 amide bonds. The molecule has 0 saturated carbocycles.